The maximum absolute atomic E-state index is 11.8. The third-order valence-corrected chi connectivity index (χ3v) is 5.36. The number of aromatic amines is 1. The van der Waals surface area contributed by atoms with Crippen LogP contribution in [0.5, 0.6) is 0 Å². The largest absolute Gasteiger partial charge is 0.481 e. The van der Waals surface area contributed by atoms with Crippen LogP contribution in [0.25, 0.3) is 10.9 Å². The highest BCUT2D eigenvalue weighted by atomic mass is 32.2. The van der Waals surface area contributed by atoms with Gasteiger partial charge in [-0.15, -0.1) is 0 Å². The number of anilines is 1. The number of rotatable bonds is 8. The van der Waals surface area contributed by atoms with E-state index in [-0.39, 0.29) is 5.75 Å². The molecular weight excluding hydrogens is 362 g/mol. The van der Waals surface area contributed by atoms with Gasteiger partial charge in [-0.05, 0) is 24.7 Å². The van der Waals surface area contributed by atoms with Crippen LogP contribution in [0.3, 0.4) is 0 Å². The predicted octanol–water partition coefficient (Wildman–Crippen LogP) is 0.926. The van der Waals surface area contributed by atoms with Crippen molar-refractivity contribution in [3.63, 3.8) is 0 Å². The Kier molecular flexibility index (Phi) is 5.57. The van der Waals surface area contributed by atoms with Gasteiger partial charge in [0.2, 0.25) is 10.0 Å². The number of hydrogen-bond donors (Lipinski definition) is 4. The number of benzene rings is 1. The van der Waals surface area contributed by atoms with Crippen LogP contribution in [-0.2, 0) is 25.4 Å². The first-order chi connectivity index (χ1) is 12.1. The summed E-state index contributed by atoms with van der Waals surface area (Å²) in [7, 11) is 1.23. The summed E-state index contributed by atoms with van der Waals surface area (Å²) in [5.41, 5.74) is 1.39. The molecule has 0 amide bonds. The number of hydrogen-bond acceptors (Lipinski definition) is 5. The van der Waals surface area contributed by atoms with Gasteiger partial charge in [0, 0.05) is 30.6 Å². The molecule has 1 heterocycles. The van der Waals surface area contributed by atoms with Crippen molar-refractivity contribution in [3.8, 4) is 0 Å². The summed E-state index contributed by atoms with van der Waals surface area (Å²) in [5, 5.41) is 19.1. The quantitative estimate of drug-likeness (QED) is 0.531. The Morgan fingerprint density at radius 2 is 1.92 bits per heavy atom. The lowest BCUT2D eigenvalue weighted by atomic mass is 9.93. The van der Waals surface area contributed by atoms with Gasteiger partial charge >= 0.3 is 11.9 Å². The molecular formula is C16H21N3O6S. The Balaban J connectivity index is 2.69. The SMILES string of the molecule is CNS(=O)(=O)Cc1ccc2[nH]c(N(C)C)c(C(CC(=O)O)C(=O)O)c2c1. The van der Waals surface area contributed by atoms with Crippen LogP contribution < -0.4 is 9.62 Å². The Hall–Kier alpha value is -2.59. The molecule has 0 aliphatic carbocycles. The summed E-state index contributed by atoms with van der Waals surface area (Å²) in [5.74, 6) is -3.55. The molecule has 1 unspecified atom stereocenters. The van der Waals surface area contributed by atoms with Crippen LogP contribution in [0.4, 0.5) is 5.82 Å². The van der Waals surface area contributed by atoms with Gasteiger partial charge in [0.05, 0.1) is 18.1 Å². The van der Waals surface area contributed by atoms with Crippen molar-refractivity contribution in [3.05, 3.63) is 29.3 Å². The molecule has 0 bridgehead atoms. The maximum atomic E-state index is 11.8. The number of aliphatic carboxylic acids is 2. The summed E-state index contributed by atoms with van der Waals surface area (Å²) < 4.78 is 25.8. The zero-order valence-electron chi connectivity index (χ0n) is 14.6. The topological polar surface area (TPSA) is 140 Å². The van der Waals surface area contributed by atoms with Crippen molar-refractivity contribution in [2.24, 2.45) is 0 Å². The van der Waals surface area contributed by atoms with Gasteiger partial charge in [0.25, 0.3) is 0 Å². The lowest BCUT2D eigenvalue weighted by Gasteiger charge is -2.17. The van der Waals surface area contributed by atoms with Gasteiger partial charge < -0.3 is 20.1 Å². The minimum Gasteiger partial charge on any atom is -0.481 e. The standard InChI is InChI=1S/C16H21N3O6S/c1-17-26(24,25)8-9-4-5-12-10(6-9)14(15(18-12)19(2)3)11(16(22)23)7-13(20)21/h4-6,11,17-18H,7-8H2,1-3H3,(H,20,21)(H,22,23). The van der Waals surface area contributed by atoms with Gasteiger partial charge in [0.1, 0.15) is 5.82 Å². The average Bonchev–Trinajstić information content (AvgIpc) is 2.90. The highest BCUT2D eigenvalue weighted by molar-refractivity contribution is 7.88. The fourth-order valence-electron chi connectivity index (χ4n) is 2.82. The molecule has 1 aromatic carbocycles. The van der Waals surface area contributed by atoms with Crippen molar-refractivity contribution in [1.82, 2.24) is 9.71 Å². The molecule has 142 valence electrons. The number of nitrogens with zero attached hydrogens (tertiary/aromatic N) is 1. The molecule has 10 heteroatoms. The van der Waals surface area contributed by atoms with Crippen LogP contribution in [0.2, 0.25) is 0 Å². The average molecular weight is 383 g/mol. The van der Waals surface area contributed by atoms with Crippen molar-refractivity contribution in [1.29, 1.82) is 0 Å². The van der Waals surface area contributed by atoms with Crippen LogP contribution in [0.15, 0.2) is 18.2 Å². The number of H-pyrrole nitrogens is 1. The Morgan fingerprint density at radius 3 is 2.42 bits per heavy atom. The smallest absolute Gasteiger partial charge is 0.311 e. The fraction of sp³-hybridized carbons (Fsp3) is 0.375. The highest BCUT2D eigenvalue weighted by Crippen LogP contribution is 2.37. The van der Waals surface area contributed by atoms with Gasteiger partial charge in [-0.25, -0.2) is 13.1 Å². The number of nitrogens with one attached hydrogen (secondary N) is 2. The summed E-state index contributed by atoms with van der Waals surface area (Å²) in [4.78, 5) is 27.6. The van der Waals surface area contributed by atoms with E-state index in [0.29, 0.717) is 27.8 Å². The van der Waals surface area contributed by atoms with E-state index in [2.05, 4.69) is 9.71 Å². The minimum atomic E-state index is -3.50. The molecule has 2 rings (SSSR count). The second-order valence-electron chi connectivity index (χ2n) is 6.11. The second kappa shape index (κ2) is 7.34. The molecule has 0 saturated heterocycles. The third kappa shape index (κ3) is 4.14. The van der Waals surface area contributed by atoms with Gasteiger partial charge in [-0.2, -0.15) is 0 Å². The van der Waals surface area contributed by atoms with E-state index in [1.54, 1.807) is 37.2 Å². The lowest BCUT2D eigenvalue weighted by molar-refractivity contribution is -0.145. The molecule has 26 heavy (non-hydrogen) atoms. The first kappa shape index (κ1) is 19.7. The third-order valence-electron chi connectivity index (χ3n) is 4.02. The molecule has 0 fully saturated rings. The van der Waals surface area contributed by atoms with Gasteiger partial charge in [-0.3, -0.25) is 9.59 Å². The van der Waals surface area contributed by atoms with Crippen LogP contribution >= 0.6 is 0 Å². The molecule has 0 saturated carbocycles. The normalized spacial score (nSPS) is 12.9. The number of carboxylic acids is 2. The number of fused-ring (bicyclic) bond motifs is 1. The minimum absolute atomic E-state index is 0.266. The molecule has 0 aliphatic heterocycles. The summed E-state index contributed by atoms with van der Waals surface area (Å²) in [6.07, 6.45) is -0.581. The molecule has 4 N–H and O–H groups in total. The van der Waals surface area contributed by atoms with Crippen molar-refractivity contribution in [2.75, 3.05) is 26.0 Å². The Labute approximate surface area is 150 Å². The van der Waals surface area contributed by atoms with E-state index < -0.39 is 34.3 Å². The molecule has 0 aliphatic rings. The van der Waals surface area contributed by atoms with Crippen molar-refractivity contribution >= 4 is 38.7 Å². The van der Waals surface area contributed by atoms with E-state index in [4.69, 9.17) is 5.11 Å². The van der Waals surface area contributed by atoms with Gasteiger partial charge in [0.15, 0.2) is 0 Å². The molecule has 1 atom stereocenters. The molecule has 0 spiro atoms. The molecule has 1 aromatic heterocycles. The van der Waals surface area contributed by atoms with E-state index in [0.717, 1.165) is 0 Å². The number of carbonyl (C=O) groups is 2. The highest BCUT2D eigenvalue weighted by Gasteiger charge is 2.30. The van der Waals surface area contributed by atoms with Crippen LogP contribution in [0, 0.1) is 0 Å². The Bertz CT molecular complexity index is 948. The summed E-state index contributed by atoms with van der Waals surface area (Å²) >= 11 is 0. The molecule has 9 nitrogen and oxygen atoms in total. The monoisotopic (exact) mass is 383 g/mol. The zero-order valence-corrected chi connectivity index (χ0v) is 15.4. The summed E-state index contributed by atoms with van der Waals surface area (Å²) in [6.45, 7) is 0. The van der Waals surface area contributed by atoms with Crippen molar-refractivity contribution < 1.29 is 28.2 Å². The predicted molar refractivity (Wildman–Crippen MR) is 96.9 cm³/mol. The maximum Gasteiger partial charge on any atom is 0.311 e. The molecule has 2 aromatic rings. The zero-order chi connectivity index (χ0) is 19.6. The number of aromatic nitrogens is 1. The van der Waals surface area contributed by atoms with Crippen LogP contribution in [0.1, 0.15) is 23.5 Å². The van der Waals surface area contributed by atoms with Crippen molar-refractivity contribution in [2.45, 2.75) is 18.1 Å². The van der Waals surface area contributed by atoms with Gasteiger partial charge in [-0.1, -0.05) is 6.07 Å². The second-order valence-corrected chi connectivity index (χ2v) is 8.04. The van der Waals surface area contributed by atoms with E-state index in [1.165, 1.54) is 7.05 Å². The fourth-order valence-corrected chi connectivity index (χ4v) is 3.58. The first-order valence-electron chi connectivity index (χ1n) is 7.73. The lowest BCUT2D eigenvalue weighted by Crippen LogP contribution is -2.20. The van der Waals surface area contributed by atoms with E-state index in [1.807, 2.05) is 0 Å². The number of carboxylic acid groups (broad SMARTS) is 2. The number of sulfonamides is 1. The molecule has 0 radical (unpaired) electrons. The van der Waals surface area contributed by atoms with E-state index in [9.17, 15) is 23.1 Å². The Morgan fingerprint density at radius 1 is 1.27 bits per heavy atom. The van der Waals surface area contributed by atoms with E-state index >= 15 is 0 Å². The first-order valence-corrected chi connectivity index (χ1v) is 9.38. The van der Waals surface area contributed by atoms with Crippen LogP contribution in [-0.4, -0.2) is 56.7 Å². The summed E-state index contributed by atoms with van der Waals surface area (Å²) in [6, 6.07) is 4.87.